The van der Waals surface area contributed by atoms with Crippen molar-refractivity contribution in [3.63, 3.8) is 0 Å². The summed E-state index contributed by atoms with van der Waals surface area (Å²) in [6, 6.07) is 13.5. The molecule has 22 heavy (non-hydrogen) atoms. The predicted molar refractivity (Wildman–Crippen MR) is 85.5 cm³/mol. The fourth-order valence-electron chi connectivity index (χ4n) is 1.89. The molecule has 1 aromatic carbocycles. The van der Waals surface area contributed by atoms with Gasteiger partial charge in [-0.15, -0.1) is 0 Å². The Hall–Kier alpha value is -3.22. The molecular weight excluding hydrogens is 278 g/mol. The van der Waals surface area contributed by atoms with Gasteiger partial charge in [0.25, 0.3) is 0 Å². The minimum Gasteiger partial charge on any atom is -0.368 e. The summed E-state index contributed by atoms with van der Waals surface area (Å²) in [7, 11) is 0. The van der Waals surface area contributed by atoms with E-state index in [0.717, 1.165) is 5.56 Å². The van der Waals surface area contributed by atoms with Crippen molar-refractivity contribution in [3.8, 4) is 0 Å². The Morgan fingerprint density at radius 1 is 0.909 bits per heavy atom. The van der Waals surface area contributed by atoms with E-state index >= 15 is 0 Å². The monoisotopic (exact) mass is 293 g/mol. The summed E-state index contributed by atoms with van der Waals surface area (Å²) >= 11 is 0. The first-order chi connectivity index (χ1) is 10.8. The smallest absolute Gasteiger partial charge is 0.228 e. The lowest BCUT2D eigenvalue weighted by Crippen LogP contribution is -2.07. The van der Waals surface area contributed by atoms with Gasteiger partial charge < -0.3 is 16.4 Å². The number of nitrogens with zero attached hydrogens (tertiary/aromatic N) is 4. The van der Waals surface area contributed by atoms with Gasteiger partial charge in [-0.25, -0.2) is 9.97 Å². The summed E-state index contributed by atoms with van der Waals surface area (Å²) < 4.78 is 0. The topological polar surface area (TPSA) is 102 Å². The van der Waals surface area contributed by atoms with Crippen molar-refractivity contribution in [3.05, 3.63) is 60.4 Å². The highest BCUT2D eigenvalue weighted by molar-refractivity contribution is 5.56. The number of benzene rings is 1. The number of hydrogen-bond acceptors (Lipinski definition) is 7. The van der Waals surface area contributed by atoms with E-state index in [9.17, 15) is 0 Å². The van der Waals surface area contributed by atoms with Crippen molar-refractivity contribution >= 4 is 23.5 Å². The first-order valence-electron chi connectivity index (χ1n) is 6.76. The Morgan fingerprint density at radius 2 is 1.64 bits per heavy atom. The van der Waals surface area contributed by atoms with E-state index in [1.807, 2.05) is 30.3 Å². The average molecular weight is 293 g/mol. The van der Waals surface area contributed by atoms with Crippen LogP contribution in [0.5, 0.6) is 0 Å². The van der Waals surface area contributed by atoms with Crippen LogP contribution < -0.4 is 16.4 Å². The molecule has 7 nitrogen and oxygen atoms in total. The predicted octanol–water partition coefficient (Wildman–Crippen LogP) is 2.20. The van der Waals surface area contributed by atoms with Gasteiger partial charge in [0.1, 0.15) is 11.6 Å². The maximum Gasteiger partial charge on any atom is 0.228 e. The van der Waals surface area contributed by atoms with E-state index in [4.69, 9.17) is 5.73 Å². The summed E-state index contributed by atoms with van der Waals surface area (Å²) in [6.45, 7) is 0.651. The molecule has 0 saturated heterocycles. The van der Waals surface area contributed by atoms with Crippen molar-refractivity contribution in [2.45, 2.75) is 6.54 Å². The number of nitrogens with one attached hydrogen (secondary N) is 2. The van der Waals surface area contributed by atoms with Crippen molar-refractivity contribution < 1.29 is 0 Å². The van der Waals surface area contributed by atoms with Gasteiger partial charge in [-0.3, -0.25) is 0 Å². The molecule has 2 heterocycles. The van der Waals surface area contributed by atoms with E-state index < -0.39 is 0 Å². The lowest BCUT2D eigenvalue weighted by Gasteiger charge is -2.09. The standard InChI is InChI=1S/C15H15N7/c16-14-20-12(19-10-11-5-2-1-3-6-11)9-13(21-14)22-15-17-7-4-8-18-15/h1-9H,10H2,(H4,16,17,18,19,20,21,22). The molecule has 7 heteroatoms. The molecule has 0 fully saturated rings. The first kappa shape index (κ1) is 13.7. The molecule has 2 aromatic heterocycles. The molecule has 0 unspecified atom stereocenters. The van der Waals surface area contributed by atoms with Crippen LogP contribution in [-0.2, 0) is 6.54 Å². The summed E-state index contributed by atoms with van der Waals surface area (Å²) in [5.74, 6) is 1.80. The molecule has 0 bridgehead atoms. The van der Waals surface area contributed by atoms with Gasteiger partial charge >= 0.3 is 0 Å². The van der Waals surface area contributed by atoms with E-state index in [2.05, 4.69) is 30.6 Å². The van der Waals surface area contributed by atoms with Gasteiger partial charge in [0, 0.05) is 25.0 Å². The average Bonchev–Trinajstić information content (AvgIpc) is 2.54. The summed E-state index contributed by atoms with van der Waals surface area (Å²) in [6.07, 6.45) is 3.29. The van der Waals surface area contributed by atoms with E-state index in [1.54, 1.807) is 24.5 Å². The second-order valence-electron chi connectivity index (χ2n) is 4.53. The largest absolute Gasteiger partial charge is 0.368 e. The van der Waals surface area contributed by atoms with Crippen LogP contribution in [-0.4, -0.2) is 19.9 Å². The molecule has 0 saturated carbocycles. The number of nitrogens with two attached hydrogens (primary N) is 1. The Labute approximate surface area is 127 Å². The fraction of sp³-hybridized carbons (Fsp3) is 0.0667. The quantitative estimate of drug-likeness (QED) is 0.662. The van der Waals surface area contributed by atoms with E-state index in [0.29, 0.717) is 24.1 Å². The second kappa shape index (κ2) is 6.49. The van der Waals surface area contributed by atoms with Crippen LogP contribution in [0.4, 0.5) is 23.5 Å². The minimum absolute atomic E-state index is 0.177. The molecule has 0 amide bonds. The first-order valence-corrected chi connectivity index (χ1v) is 6.76. The van der Waals surface area contributed by atoms with Crippen molar-refractivity contribution in [2.24, 2.45) is 0 Å². The zero-order chi connectivity index (χ0) is 15.2. The van der Waals surface area contributed by atoms with Crippen LogP contribution in [0, 0.1) is 0 Å². The fourth-order valence-corrected chi connectivity index (χ4v) is 1.89. The number of aromatic nitrogens is 4. The van der Waals surface area contributed by atoms with Gasteiger partial charge in [-0.05, 0) is 11.6 Å². The Balaban J connectivity index is 1.72. The van der Waals surface area contributed by atoms with Gasteiger partial charge in [0.15, 0.2) is 0 Å². The van der Waals surface area contributed by atoms with Crippen molar-refractivity contribution in [1.82, 2.24) is 19.9 Å². The van der Waals surface area contributed by atoms with Crippen LogP contribution in [0.3, 0.4) is 0 Å². The molecule has 0 radical (unpaired) electrons. The third-order valence-corrected chi connectivity index (χ3v) is 2.87. The SMILES string of the molecule is Nc1nc(NCc2ccccc2)cc(Nc2ncccn2)n1. The molecule has 0 atom stereocenters. The molecular formula is C15H15N7. The number of anilines is 4. The van der Waals surface area contributed by atoms with Crippen LogP contribution >= 0.6 is 0 Å². The summed E-state index contributed by atoms with van der Waals surface area (Å²) in [5.41, 5.74) is 6.89. The lowest BCUT2D eigenvalue weighted by atomic mass is 10.2. The Kier molecular flexibility index (Phi) is 4.05. The summed E-state index contributed by atoms with van der Waals surface area (Å²) in [5, 5.41) is 6.21. The van der Waals surface area contributed by atoms with Crippen LogP contribution in [0.15, 0.2) is 54.9 Å². The highest BCUT2D eigenvalue weighted by Gasteiger charge is 2.04. The second-order valence-corrected chi connectivity index (χ2v) is 4.53. The Morgan fingerprint density at radius 3 is 2.41 bits per heavy atom. The zero-order valence-electron chi connectivity index (χ0n) is 11.8. The van der Waals surface area contributed by atoms with Gasteiger partial charge in [0.2, 0.25) is 11.9 Å². The minimum atomic E-state index is 0.177. The third kappa shape index (κ3) is 3.66. The molecule has 0 aliphatic heterocycles. The highest BCUT2D eigenvalue weighted by atomic mass is 15.2. The normalized spacial score (nSPS) is 10.2. The van der Waals surface area contributed by atoms with Crippen LogP contribution in [0.2, 0.25) is 0 Å². The van der Waals surface area contributed by atoms with Crippen LogP contribution in [0.25, 0.3) is 0 Å². The molecule has 3 rings (SSSR count). The molecule has 4 N–H and O–H groups in total. The van der Waals surface area contributed by atoms with Crippen molar-refractivity contribution in [2.75, 3.05) is 16.4 Å². The van der Waals surface area contributed by atoms with Gasteiger partial charge in [0.05, 0.1) is 0 Å². The lowest BCUT2D eigenvalue weighted by molar-refractivity contribution is 1.08. The van der Waals surface area contributed by atoms with Gasteiger partial charge in [-0.2, -0.15) is 9.97 Å². The van der Waals surface area contributed by atoms with E-state index in [1.165, 1.54) is 0 Å². The number of hydrogen-bond donors (Lipinski definition) is 3. The molecule has 0 aliphatic rings. The maximum atomic E-state index is 5.74. The highest BCUT2D eigenvalue weighted by Crippen LogP contribution is 2.16. The molecule has 0 aliphatic carbocycles. The van der Waals surface area contributed by atoms with E-state index in [-0.39, 0.29) is 5.95 Å². The summed E-state index contributed by atoms with van der Waals surface area (Å²) in [4.78, 5) is 16.5. The van der Waals surface area contributed by atoms with Gasteiger partial charge in [-0.1, -0.05) is 30.3 Å². The zero-order valence-corrected chi connectivity index (χ0v) is 11.8. The molecule has 110 valence electrons. The molecule has 3 aromatic rings. The Bertz CT molecular complexity index is 731. The maximum absolute atomic E-state index is 5.74. The number of rotatable bonds is 5. The number of nitrogen functional groups attached to an aromatic ring is 1. The van der Waals surface area contributed by atoms with Crippen LogP contribution in [0.1, 0.15) is 5.56 Å². The molecule has 0 spiro atoms. The van der Waals surface area contributed by atoms with Crippen molar-refractivity contribution in [1.29, 1.82) is 0 Å². The third-order valence-electron chi connectivity index (χ3n) is 2.87.